The predicted octanol–water partition coefficient (Wildman–Crippen LogP) is 8.73. The fraction of sp³-hybridized carbons (Fsp3) is 0.516. The van der Waals surface area contributed by atoms with Crippen LogP contribution >= 0.6 is 23.7 Å². The molecule has 1 aromatic heterocycles. The van der Waals surface area contributed by atoms with Crippen molar-refractivity contribution in [3.8, 4) is 23.0 Å². The maximum absolute atomic E-state index is 12.0. The van der Waals surface area contributed by atoms with Crippen LogP contribution in [0.4, 0.5) is 0 Å². The van der Waals surface area contributed by atoms with Crippen molar-refractivity contribution in [1.29, 1.82) is 0 Å². The van der Waals surface area contributed by atoms with Crippen molar-refractivity contribution in [3.63, 3.8) is 0 Å². The van der Waals surface area contributed by atoms with Crippen molar-refractivity contribution in [1.82, 2.24) is 4.90 Å². The Morgan fingerprint density at radius 3 is 2.34 bits per heavy atom. The van der Waals surface area contributed by atoms with Gasteiger partial charge in [0.2, 0.25) is 0 Å². The number of hydrogen-bond donors (Lipinski definition) is 0. The standard InChI is InChI=1S/C31H39NO4S.ClH/c1-2-9-29(33)35-26-16-17-27-28(22-26)37-31(23-10-5-3-6-11-23)30(27)36-25-14-12-24(13-15-25)34-21-20-32-18-7-4-8-19-32;/h12-17,22-23H,2-11,18-21H2,1H3;1H. The van der Waals surface area contributed by atoms with Gasteiger partial charge in [-0.1, -0.05) is 32.6 Å². The van der Waals surface area contributed by atoms with E-state index in [-0.39, 0.29) is 18.4 Å². The smallest absolute Gasteiger partial charge is 0.311 e. The molecule has 2 aromatic carbocycles. The second-order valence-corrected chi connectivity index (χ2v) is 11.4. The van der Waals surface area contributed by atoms with Crippen LogP contribution in [0.25, 0.3) is 10.1 Å². The number of esters is 1. The maximum atomic E-state index is 12.0. The molecule has 2 aliphatic rings. The molecule has 0 bridgehead atoms. The van der Waals surface area contributed by atoms with Crippen LogP contribution in [0.5, 0.6) is 23.0 Å². The fourth-order valence-electron chi connectivity index (χ4n) is 5.46. The summed E-state index contributed by atoms with van der Waals surface area (Å²) in [5, 5.41) is 1.09. The second-order valence-electron chi connectivity index (χ2n) is 10.3. The zero-order chi connectivity index (χ0) is 25.5. The number of ether oxygens (including phenoxy) is 3. The zero-order valence-electron chi connectivity index (χ0n) is 22.4. The van der Waals surface area contributed by atoms with Crippen LogP contribution in [0.15, 0.2) is 42.5 Å². The summed E-state index contributed by atoms with van der Waals surface area (Å²) < 4.78 is 19.3. The van der Waals surface area contributed by atoms with Gasteiger partial charge in [0.15, 0.2) is 0 Å². The molecule has 0 radical (unpaired) electrons. The number of thiophene rings is 1. The number of fused-ring (bicyclic) bond motifs is 1. The molecular weight excluding hydrogens is 518 g/mol. The molecule has 0 unspecified atom stereocenters. The number of carbonyl (C=O) groups is 1. The highest BCUT2D eigenvalue weighted by Gasteiger charge is 2.25. The van der Waals surface area contributed by atoms with Gasteiger partial charge in [-0.15, -0.1) is 23.7 Å². The number of halogens is 1. The van der Waals surface area contributed by atoms with Crippen LogP contribution in [0.2, 0.25) is 0 Å². The third-order valence-electron chi connectivity index (χ3n) is 7.47. The number of benzene rings is 2. The molecule has 0 spiro atoms. The van der Waals surface area contributed by atoms with Crippen LogP contribution < -0.4 is 14.2 Å². The topological polar surface area (TPSA) is 48.0 Å². The van der Waals surface area contributed by atoms with E-state index in [1.807, 2.05) is 49.4 Å². The molecule has 3 aromatic rings. The Balaban J connectivity index is 0.00000336. The highest BCUT2D eigenvalue weighted by Crippen LogP contribution is 2.48. The molecule has 7 heteroatoms. The van der Waals surface area contributed by atoms with E-state index in [2.05, 4.69) is 4.90 Å². The lowest BCUT2D eigenvalue weighted by molar-refractivity contribution is -0.134. The molecule has 0 atom stereocenters. The van der Waals surface area contributed by atoms with Crippen LogP contribution in [-0.4, -0.2) is 37.1 Å². The summed E-state index contributed by atoms with van der Waals surface area (Å²) in [6, 6.07) is 13.9. The van der Waals surface area contributed by atoms with Crippen molar-refractivity contribution in [2.75, 3.05) is 26.2 Å². The monoisotopic (exact) mass is 557 g/mol. The van der Waals surface area contributed by atoms with E-state index in [0.29, 0.717) is 24.7 Å². The number of piperidine rings is 1. The van der Waals surface area contributed by atoms with Gasteiger partial charge in [-0.05, 0) is 93.6 Å². The Morgan fingerprint density at radius 2 is 1.61 bits per heavy atom. The lowest BCUT2D eigenvalue weighted by Gasteiger charge is -2.26. The minimum absolute atomic E-state index is 0. The molecule has 5 rings (SSSR count). The van der Waals surface area contributed by atoms with Gasteiger partial charge in [0.25, 0.3) is 0 Å². The number of nitrogens with zero attached hydrogens (tertiary/aromatic N) is 1. The summed E-state index contributed by atoms with van der Waals surface area (Å²) >= 11 is 1.79. The van der Waals surface area contributed by atoms with Crippen LogP contribution in [0.1, 0.15) is 81.9 Å². The van der Waals surface area contributed by atoms with E-state index < -0.39 is 0 Å². The lowest BCUT2D eigenvalue weighted by Crippen LogP contribution is -2.33. The van der Waals surface area contributed by atoms with Gasteiger partial charge < -0.3 is 14.2 Å². The summed E-state index contributed by atoms with van der Waals surface area (Å²) in [5.41, 5.74) is 0. The normalized spacial score (nSPS) is 16.7. The van der Waals surface area contributed by atoms with Crippen molar-refractivity contribution in [3.05, 3.63) is 47.3 Å². The zero-order valence-corrected chi connectivity index (χ0v) is 24.0. The van der Waals surface area contributed by atoms with E-state index in [9.17, 15) is 4.79 Å². The Kier molecular flexibility index (Phi) is 10.7. The average Bonchev–Trinajstić information content (AvgIpc) is 3.28. The molecule has 2 heterocycles. The molecule has 0 amide bonds. The van der Waals surface area contributed by atoms with E-state index in [0.717, 1.165) is 40.3 Å². The first-order valence-corrected chi connectivity index (χ1v) is 14.9. The third-order valence-corrected chi connectivity index (χ3v) is 8.77. The summed E-state index contributed by atoms with van der Waals surface area (Å²) in [5.74, 6) is 3.60. The van der Waals surface area contributed by atoms with E-state index in [4.69, 9.17) is 14.2 Å². The molecule has 0 N–H and O–H groups in total. The number of hydrogen-bond acceptors (Lipinski definition) is 6. The van der Waals surface area contributed by atoms with Gasteiger partial charge in [-0.25, -0.2) is 0 Å². The largest absolute Gasteiger partial charge is 0.492 e. The molecule has 2 fully saturated rings. The molecule has 1 aliphatic heterocycles. The quantitative estimate of drug-likeness (QED) is 0.184. The molecule has 1 saturated carbocycles. The van der Waals surface area contributed by atoms with Gasteiger partial charge in [0.1, 0.15) is 29.6 Å². The Bertz CT molecular complexity index is 1170. The summed E-state index contributed by atoms with van der Waals surface area (Å²) in [6.45, 7) is 6.07. The van der Waals surface area contributed by atoms with Gasteiger partial charge in [-0.2, -0.15) is 0 Å². The predicted molar refractivity (Wildman–Crippen MR) is 158 cm³/mol. The first-order chi connectivity index (χ1) is 18.2. The average molecular weight is 558 g/mol. The molecule has 206 valence electrons. The molecule has 1 aliphatic carbocycles. The fourth-order valence-corrected chi connectivity index (χ4v) is 6.79. The molecule has 5 nitrogen and oxygen atoms in total. The minimum atomic E-state index is -0.180. The van der Waals surface area contributed by atoms with E-state index >= 15 is 0 Å². The SMILES string of the molecule is CCCC(=O)Oc1ccc2c(Oc3ccc(OCCN4CCCCC4)cc3)c(C3CCCCC3)sc2c1.Cl. The highest BCUT2D eigenvalue weighted by atomic mass is 35.5. The van der Waals surface area contributed by atoms with Crippen LogP contribution in [-0.2, 0) is 4.79 Å². The number of likely N-dealkylation sites (tertiary alicyclic amines) is 1. The van der Waals surface area contributed by atoms with Crippen molar-refractivity contribution < 1.29 is 19.0 Å². The number of carbonyl (C=O) groups excluding carboxylic acids is 1. The first-order valence-electron chi connectivity index (χ1n) is 14.1. The molecule has 38 heavy (non-hydrogen) atoms. The van der Waals surface area contributed by atoms with Gasteiger partial charge in [-0.3, -0.25) is 9.69 Å². The maximum Gasteiger partial charge on any atom is 0.311 e. The Morgan fingerprint density at radius 1 is 0.921 bits per heavy atom. The summed E-state index contributed by atoms with van der Waals surface area (Å²) in [6.07, 6.45) is 11.4. The van der Waals surface area contributed by atoms with Crippen molar-refractivity contribution in [2.24, 2.45) is 0 Å². The van der Waals surface area contributed by atoms with Gasteiger partial charge >= 0.3 is 5.97 Å². The Hall–Kier alpha value is -2.28. The summed E-state index contributed by atoms with van der Waals surface area (Å²) in [4.78, 5) is 15.8. The number of rotatable bonds is 10. The van der Waals surface area contributed by atoms with Crippen LogP contribution in [0, 0.1) is 0 Å². The molecular formula is C31H40ClNO4S. The van der Waals surface area contributed by atoms with Crippen molar-refractivity contribution >= 4 is 39.8 Å². The third kappa shape index (κ3) is 7.43. The minimum Gasteiger partial charge on any atom is -0.492 e. The first kappa shape index (κ1) is 28.7. The van der Waals surface area contributed by atoms with Crippen molar-refractivity contribution in [2.45, 2.75) is 77.0 Å². The second kappa shape index (κ2) is 14.2. The van der Waals surface area contributed by atoms with E-state index in [1.165, 1.54) is 69.3 Å². The lowest BCUT2D eigenvalue weighted by atomic mass is 9.88. The summed E-state index contributed by atoms with van der Waals surface area (Å²) in [7, 11) is 0. The van der Waals surface area contributed by atoms with Crippen LogP contribution in [0.3, 0.4) is 0 Å². The van der Waals surface area contributed by atoms with Gasteiger partial charge in [0, 0.05) is 23.1 Å². The molecule has 1 saturated heterocycles. The van der Waals surface area contributed by atoms with E-state index in [1.54, 1.807) is 11.3 Å². The highest BCUT2D eigenvalue weighted by molar-refractivity contribution is 7.19. The van der Waals surface area contributed by atoms with Gasteiger partial charge in [0.05, 0.1) is 4.88 Å². The Labute approximate surface area is 236 Å².